The summed E-state index contributed by atoms with van der Waals surface area (Å²) in [5.74, 6) is -5.14. The molecule has 3 fully saturated rings. The maximum Gasteiger partial charge on any atom is 0.303 e. The van der Waals surface area contributed by atoms with Crippen LogP contribution in [0.1, 0.15) is 64.0 Å². The lowest BCUT2D eigenvalue weighted by Gasteiger charge is -2.31. The molecule has 0 saturated carbocycles. The number of hydrogen-bond acceptors (Lipinski definition) is 10. The second kappa shape index (κ2) is 16.2. The van der Waals surface area contributed by atoms with Gasteiger partial charge in [-0.25, -0.2) is 4.98 Å². The maximum atomic E-state index is 13.9. The largest absolute Gasteiger partial charge is 0.481 e. The van der Waals surface area contributed by atoms with E-state index in [0.29, 0.717) is 18.5 Å². The van der Waals surface area contributed by atoms with Crippen LogP contribution >= 0.6 is 0 Å². The standard InChI is InChI=1S/C29H42N10O9/c1-15(40)34-29(30)32-9-3-6-18-27(47)38-10-4-7-20(38)25(45)37-19-12-22(41)39(28(19)48)21(11-16-13-31-14-33-16)26(46)35-17(24(44)36-18)5-2-8-23(42)43/h13-14,17-22,41H,2-12H2,1H3,(H,31,33)(H,35,46)(H,36,44)(H,37,45)(H,42,43)(H3,30,32,34,40)/t17-,18-,19-,20+,21-,22?/m0/s1. The van der Waals surface area contributed by atoms with Gasteiger partial charge in [-0.2, -0.15) is 0 Å². The van der Waals surface area contributed by atoms with E-state index in [2.05, 4.69) is 36.2 Å². The van der Waals surface area contributed by atoms with Gasteiger partial charge in [-0.3, -0.25) is 43.9 Å². The minimum Gasteiger partial charge on any atom is -0.481 e. The summed E-state index contributed by atoms with van der Waals surface area (Å²) in [5, 5.41) is 30.5. The molecule has 0 aliphatic carbocycles. The number of carbonyl (C=O) groups is 7. The quantitative estimate of drug-likeness (QED) is 0.0695. The number of guanidine groups is 1. The molecule has 0 aromatic carbocycles. The van der Waals surface area contributed by atoms with Gasteiger partial charge in [-0.15, -0.1) is 0 Å². The smallest absolute Gasteiger partial charge is 0.303 e. The lowest BCUT2D eigenvalue weighted by Crippen LogP contribution is -2.58. The molecule has 48 heavy (non-hydrogen) atoms. The van der Waals surface area contributed by atoms with Gasteiger partial charge in [-0.05, 0) is 38.5 Å². The van der Waals surface area contributed by atoms with E-state index in [4.69, 9.17) is 5.73 Å². The third kappa shape index (κ3) is 9.05. The Balaban J connectivity index is 1.67. The van der Waals surface area contributed by atoms with Gasteiger partial charge in [0.15, 0.2) is 5.96 Å². The number of aliphatic hydroxyl groups excluding tert-OH is 1. The number of aliphatic hydroxyl groups is 1. The number of nitrogens with two attached hydrogens (primary N) is 1. The number of nitrogens with one attached hydrogen (secondary N) is 5. The number of carboxylic acids is 1. The van der Waals surface area contributed by atoms with Gasteiger partial charge in [0.2, 0.25) is 35.4 Å². The van der Waals surface area contributed by atoms with Crippen molar-refractivity contribution >= 4 is 47.4 Å². The summed E-state index contributed by atoms with van der Waals surface area (Å²) in [5.41, 5.74) is 6.13. The van der Waals surface area contributed by atoms with E-state index in [9.17, 15) is 43.8 Å². The van der Waals surface area contributed by atoms with Crippen molar-refractivity contribution in [2.45, 2.75) is 101 Å². The number of nitrogens with zero attached hydrogens (tertiary/aromatic N) is 4. The molecule has 19 heteroatoms. The zero-order valence-corrected chi connectivity index (χ0v) is 26.5. The molecule has 3 aliphatic rings. The van der Waals surface area contributed by atoms with Crippen molar-refractivity contribution in [3.05, 3.63) is 18.2 Å². The highest BCUT2D eigenvalue weighted by molar-refractivity contribution is 5.99. The predicted molar refractivity (Wildman–Crippen MR) is 165 cm³/mol. The number of aromatic amines is 1. The molecule has 19 nitrogen and oxygen atoms in total. The Morgan fingerprint density at radius 2 is 1.77 bits per heavy atom. The Kier molecular flexibility index (Phi) is 12.0. The number of amides is 6. The molecular formula is C29H42N10O9. The summed E-state index contributed by atoms with van der Waals surface area (Å²) >= 11 is 0. The van der Waals surface area contributed by atoms with E-state index >= 15 is 0 Å². The van der Waals surface area contributed by atoms with E-state index in [1.807, 2.05) is 0 Å². The highest BCUT2D eigenvalue weighted by atomic mass is 16.4. The molecule has 6 atom stereocenters. The molecular weight excluding hydrogens is 632 g/mol. The van der Waals surface area contributed by atoms with E-state index in [0.717, 1.165) is 4.90 Å². The molecule has 6 amide bonds. The van der Waals surface area contributed by atoms with Crippen LogP contribution in [0.5, 0.6) is 0 Å². The molecule has 1 unspecified atom stereocenters. The summed E-state index contributed by atoms with van der Waals surface area (Å²) in [6, 6.07) is -5.98. The first kappa shape index (κ1) is 35.8. The fourth-order valence-corrected chi connectivity index (χ4v) is 6.17. The van der Waals surface area contributed by atoms with Gasteiger partial charge in [0.1, 0.15) is 36.4 Å². The highest BCUT2D eigenvalue weighted by Gasteiger charge is 2.48. The van der Waals surface area contributed by atoms with Crippen LogP contribution < -0.4 is 27.0 Å². The monoisotopic (exact) mass is 674 g/mol. The van der Waals surface area contributed by atoms with Crippen LogP contribution in [0.15, 0.2) is 17.5 Å². The predicted octanol–water partition coefficient (Wildman–Crippen LogP) is -3.18. The summed E-state index contributed by atoms with van der Waals surface area (Å²) in [4.78, 5) is 104. The Labute approximate surface area is 275 Å². The van der Waals surface area contributed by atoms with Crippen LogP contribution in [-0.2, 0) is 40.0 Å². The summed E-state index contributed by atoms with van der Waals surface area (Å²) in [7, 11) is 0. The Morgan fingerprint density at radius 1 is 1.04 bits per heavy atom. The van der Waals surface area contributed by atoms with Gasteiger partial charge in [0.05, 0.1) is 6.33 Å². The van der Waals surface area contributed by atoms with Crippen molar-refractivity contribution < 1.29 is 43.8 Å². The first-order valence-electron chi connectivity index (χ1n) is 15.8. The van der Waals surface area contributed by atoms with Crippen LogP contribution in [-0.4, -0.2) is 127 Å². The van der Waals surface area contributed by atoms with Crippen molar-refractivity contribution in [2.24, 2.45) is 10.7 Å². The van der Waals surface area contributed by atoms with Crippen molar-refractivity contribution in [1.82, 2.24) is 41.0 Å². The maximum absolute atomic E-state index is 13.9. The summed E-state index contributed by atoms with van der Waals surface area (Å²) in [6.45, 7) is 1.56. The first-order chi connectivity index (χ1) is 22.8. The van der Waals surface area contributed by atoms with Crippen LogP contribution in [0.3, 0.4) is 0 Å². The fourth-order valence-electron chi connectivity index (χ4n) is 6.17. The Morgan fingerprint density at radius 3 is 2.46 bits per heavy atom. The van der Waals surface area contributed by atoms with Crippen LogP contribution in [0.25, 0.3) is 0 Å². The number of hydrogen-bond donors (Lipinski definition) is 8. The van der Waals surface area contributed by atoms with Gasteiger partial charge in [-0.1, -0.05) is 0 Å². The molecule has 2 bridgehead atoms. The Hall–Kier alpha value is -5.07. The van der Waals surface area contributed by atoms with E-state index < -0.39 is 77.8 Å². The molecule has 4 rings (SSSR count). The van der Waals surface area contributed by atoms with Crippen LogP contribution in [0.2, 0.25) is 0 Å². The fraction of sp³-hybridized carbons (Fsp3) is 0.621. The number of imidazole rings is 1. The van der Waals surface area contributed by atoms with Crippen LogP contribution in [0.4, 0.5) is 0 Å². The number of aromatic nitrogens is 2. The number of carboxylic acid groups (broad SMARTS) is 1. The molecule has 3 aliphatic heterocycles. The minimum atomic E-state index is -1.46. The molecule has 0 spiro atoms. The summed E-state index contributed by atoms with van der Waals surface area (Å²) < 4.78 is 0. The van der Waals surface area contributed by atoms with Gasteiger partial charge >= 0.3 is 5.97 Å². The lowest BCUT2D eigenvalue weighted by molar-refractivity contribution is -0.147. The molecule has 3 saturated heterocycles. The number of aliphatic imine (C=N–C) groups is 1. The Bertz CT molecular complexity index is 1420. The third-order valence-corrected chi connectivity index (χ3v) is 8.45. The number of rotatable bonds is 10. The average Bonchev–Trinajstić information content (AvgIpc) is 3.77. The lowest BCUT2D eigenvalue weighted by atomic mass is 10.0. The van der Waals surface area contributed by atoms with Crippen molar-refractivity contribution in [2.75, 3.05) is 13.1 Å². The van der Waals surface area contributed by atoms with Crippen molar-refractivity contribution in [3.63, 3.8) is 0 Å². The molecule has 1 aromatic rings. The highest BCUT2D eigenvalue weighted by Crippen LogP contribution is 2.25. The molecule has 9 N–H and O–H groups in total. The SMILES string of the molecule is CC(=O)NC(N)=NCCC[C@@H]1NC(=O)[C@H](CCCC(=O)O)NC(=O)[C@H](Cc2cnc[nH]2)N2C(=O)[C@H](CC2O)NC(=O)[C@H]2CCCN2C1=O. The number of fused-ring (bicyclic) bond motifs is 3. The van der Waals surface area contributed by atoms with E-state index in [1.165, 1.54) is 24.3 Å². The van der Waals surface area contributed by atoms with Gasteiger partial charge < -0.3 is 46.7 Å². The van der Waals surface area contributed by atoms with E-state index in [1.54, 1.807) is 0 Å². The molecule has 4 heterocycles. The minimum absolute atomic E-state index is 0.00532. The first-order valence-corrected chi connectivity index (χ1v) is 15.8. The second-order valence-corrected chi connectivity index (χ2v) is 12.0. The van der Waals surface area contributed by atoms with Crippen LogP contribution in [0, 0.1) is 0 Å². The van der Waals surface area contributed by atoms with Gasteiger partial charge in [0, 0.05) is 51.2 Å². The molecule has 0 radical (unpaired) electrons. The van der Waals surface area contributed by atoms with Crippen molar-refractivity contribution in [1.29, 1.82) is 0 Å². The number of carbonyl (C=O) groups excluding carboxylic acids is 6. The molecule has 1 aromatic heterocycles. The normalized spacial score (nSPS) is 27.0. The second-order valence-electron chi connectivity index (χ2n) is 12.0. The van der Waals surface area contributed by atoms with Gasteiger partial charge in [0.25, 0.3) is 0 Å². The zero-order chi connectivity index (χ0) is 35.0. The zero-order valence-electron chi connectivity index (χ0n) is 26.5. The summed E-state index contributed by atoms with van der Waals surface area (Å²) in [6.07, 6.45) is 1.63. The topological polar surface area (TPSA) is 282 Å². The molecule has 262 valence electrons. The number of H-pyrrole nitrogens is 1. The third-order valence-electron chi connectivity index (χ3n) is 8.45. The van der Waals surface area contributed by atoms with Crippen molar-refractivity contribution in [3.8, 4) is 0 Å². The number of aliphatic carboxylic acids is 1. The van der Waals surface area contributed by atoms with E-state index in [-0.39, 0.29) is 64.0 Å². The average molecular weight is 675 g/mol.